The number of thiophene rings is 1. The van der Waals surface area contributed by atoms with Crippen molar-refractivity contribution in [1.29, 1.82) is 0 Å². The highest BCUT2D eigenvalue weighted by Crippen LogP contribution is 2.19. The van der Waals surface area contributed by atoms with E-state index in [2.05, 4.69) is 10.2 Å². The van der Waals surface area contributed by atoms with Crippen molar-refractivity contribution in [3.8, 4) is 5.75 Å². The summed E-state index contributed by atoms with van der Waals surface area (Å²) in [6.07, 6.45) is 0. The van der Waals surface area contributed by atoms with Crippen LogP contribution in [0.1, 0.15) is 16.3 Å². The highest BCUT2D eigenvalue weighted by atomic mass is 32.2. The quantitative estimate of drug-likeness (QED) is 0.546. The number of hydrogen-bond donors (Lipinski definition) is 0. The van der Waals surface area contributed by atoms with Gasteiger partial charge in [0.15, 0.2) is 6.61 Å². The number of thioether (sulfide) groups is 1. The minimum absolute atomic E-state index is 0.0131. The summed E-state index contributed by atoms with van der Waals surface area (Å²) in [5.74, 6) is 1.40. The van der Waals surface area contributed by atoms with Gasteiger partial charge in [0.1, 0.15) is 5.75 Å². The second kappa shape index (κ2) is 8.86. The summed E-state index contributed by atoms with van der Waals surface area (Å²) >= 11 is 2.87. The molecule has 0 aliphatic heterocycles. The summed E-state index contributed by atoms with van der Waals surface area (Å²) in [5.41, 5.74) is 1.12. The Kier molecular flexibility index (Phi) is 6.30. The van der Waals surface area contributed by atoms with E-state index in [-0.39, 0.29) is 18.3 Å². The molecule has 136 valence electrons. The van der Waals surface area contributed by atoms with Gasteiger partial charge in [-0.1, -0.05) is 30.0 Å². The number of nitrogens with zero attached hydrogens (tertiary/aromatic N) is 3. The fourth-order valence-electron chi connectivity index (χ4n) is 2.16. The summed E-state index contributed by atoms with van der Waals surface area (Å²) in [4.78, 5) is 15.0. The zero-order chi connectivity index (χ0) is 18.4. The Hall–Kier alpha value is -2.32. The molecule has 6 nitrogen and oxygen atoms in total. The molecule has 1 aromatic carbocycles. The van der Waals surface area contributed by atoms with E-state index in [1.807, 2.05) is 48.7 Å². The van der Waals surface area contributed by atoms with E-state index in [1.165, 1.54) is 11.8 Å². The first-order valence-corrected chi connectivity index (χ1v) is 9.87. The number of ether oxygens (including phenoxy) is 1. The molecular formula is C18H19N3O3S2. The van der Waals surface area contributed by atoms with Crippen LogP contribution in [0.4, 0.5) is 0 Å². The molecule has 0 saturated heterocycles. The van der Waals surface area contributed by atoms with E-state index < -0.39 is 0 Å². The third-order valence-corrected chi connectivity index (χ3v) is 5.18. The van der Waals surface area contributed by atoms with Crippen molar-refractivity contribution in [2.75, 3.05) is 12.8 Å². The molecule has 0 bridgehead atoms. The SMILES string of the molecule is Cc1cccc(OCc2nnc(SCC(=O)N(C)Cc3cccs3)o2)c1. The summed E-state index contributed by atoms with van der Waals surface area (Å²) in [7, 11) is 1.79. The highest BCUT2D eigenvalue weighted by molar-refractivity contribution is 7.99. The van der Waals surface area contributed by atoms with Crippen LogP contribution in [-0.2, 0) is 17.9 Å². The number of carbonyl (C=O) groups excluding carboxylic acids is 1. The van der Waals surface area contributed by atoms with E-state index in [4.69, 9.17) is 9.15 Å². The van der Waals surface area contributed by atoms with Crippen molar-refractivity contribution < 1.29 is 13.9 Å². The predicted molar refractivity (Wildman–Crippen MR) is 101 cm³/mol. The molecule has 8 heteroatoms. The monoisotopic (exact) mass is 389 g/mol. The Morgan fingerprint density at radius 1 is 1.31 bits per heavy atom. The van der Waals surface area contributed by atoms with Crippen LogP contribution in [0, 0.1) is 6.92 Å². The van der Waals surface area contributed by atoms with Crippen molar-refractivity contribution in [2.45, 2.75) is 25.3 Å². The van der Waals surface area contributed by atoms with Gasteiger partial charge in [0.05, 0.1) is 12.3 Å². The molecule has 3 aromatic rings. The summed E-state index contributed by atoms with van der Waals surface area (Å²) in [6.45, 7) is 2.81. The fraction of sp³-hybridized carbons (Fsp3) is 0.278. The maximum Gasteiger partial charge on any atom is 0.277 e. The van der Waals surface area contributed by atoms with Gasteiger partial charge in [-0.15, -0.1) is 21.5 Å². The van der Waals surface area contributed by atoms with Crippen molar-refractivity contribution >= 4 is 29.0 Å². The Balaban J connectivity index is 1.45. The lowest BCUT2D eigenvalue weighted by molar-refractivity contribution is -0.127. The van der Waals surface area contributed by atoms with E-state index in [0.717, 1.165) is 16.2 Å². The first-order chi connectivity index (χ1) is 12.6. The van der Waals surface area contributed by atoms with Crippen LogP contribution >= 0.6 is 23.1 Å². The molecule has 0 spiro atoms. The fourth-order valence-corrected chi connectivity index (χ4v) is 3.64. The highest BCUT2D eigenvalue weighted by Gasteiger charge is 2.14. The number of amides is 1. The van der Waals surface area contributed by atoms with Gasteiger partial charge in [0.2, 0.25) is 5.91 Å². The third kappa shape index (κ3) is 5.34. The number of aromatic nitrogens is 2. The van der Waals surface area contributed by atoms with Gasteiger partial charge < -0.3 is 14.1 Å². The average Bonchev–Trinajstić information content (AvgIpc) is 3.29. The summed E-state index contributed by atoms with van der Waals surface area (Å²) in [5, 5.41) is 10.3. The predicted octanol–water partition coefficient (Wildman–Crippen LogP) is 3.77. The van der Waals surface area contributed by atoms with Crippen LogP contribution < -0.4 is 4.74 Å². The number of aryl methyl sites for hydroxylation is 1. The third-order valence-electron chi connectivity index (χ3n) is 3.52. The molecule has 0 unspecified atom stereocenters. The zero-order valence-corrected chi connectivity index (χ0v) is 16.2. The number of hydrogen-bond acceptors (Lipinski definition) is 7. The first kappa shape index (κ1) is 18.5. The van der Waals surface area contributed by atoms with Crippen molar-refractivity contribution in [3.63, 3.8) is 0 Å². The van der Waals surface area contributed by atoms with Gasteiger partial charge >= 0.3 is 0 Å². The van der Waals surface area contributed by atoms with Gasteiger partial charge in [-0.3, -0.25) is 4.79 Å². The van der Waals surface area contributed by atoms with Crippen LogP contribution in [-0.4, -0.2) is 33.8 Å². The number of benzene rings is 1. The molecule has 0 saturated carbocycles. The lowest BCUT2D eigenvalue weighted by atomic mass is 10.2. The molecule has 0 aliphatic rings. The number of carbonyl (C=O) groups is 1. The van der Waals surface area contributed by atoms with E-state index in [1.54, 1.807) is 23.3 Å². The smallest absolute Gasteiger partial charge is 0.277 e. The maximum atomic E-state index is 12.2. The second-order valence-corrected chi connectivity index (χ2v) is 7.64. The minimum atomic E-state index is 0.0131. The molecule has 0 N–H and O–H groups in total. The lowest BCUT2D eigenvalue weighted by Crippen LogP contribution is -2.27. The zero-order valence-electron chi connectivity index (χ0n) is 14.5. The maximum absolute atomic E-state index is 12.2. The van der Waals surface area contributed by atoms with Gasteiger partial charge in [0.25, 0.3) is 11.1 Å². The Labute approximate surface area is 160 Å². The molecule has 2 heterocycles. The summed E-state index contributed by atoms with van der Waals surface area (Å²) < 4.78 is 11.1. The largest absolute Gasteiger partial charge is 0.484 e. The topological polar surface area (TPSA) is 68.5 Å². The Morgan fingerprint density at radius 2 is 2.19 bits per heavy atom. The molecule has 0 atom stereocenters. The van der Waals surface area contributed by atoms with Crippen LogP contribution in [0.3, 0.4) is 0 Å². The van der Waals surface area contributed by atoms with Crippen LogP contribution in [0.15, 0.2) is 51.4 Å². The van der Waals surface area contributed by atoms with Gasteiger partial charge in [0, 0.05) is 11.9 Å². The Morgan fingerprint density at radius 3 is 2.96 bits per heavy atom. The van der Waals surface area contributed by atoms with E-state index in [9.17, 15) is 4.79 Å². The molecule has 26 heavy (non-hydrogen) atoms. The molecule has 1 amide bonds. The van der Waals surface area contributed by atoms with Crippen LogP contribution in [0.2, 0.25) is 0 Å². The van der Waals surface area contributed by atoms with Crippen molar-refractivity contribution in [3.05, 3.63) is 58.1 Å². The summed E-state index contributed by atoms with van der Waals surface area (Å²) in [6, 6.07) is 11.7. The molecule has 0 radical (unpaired) electrons. The van der Waals surface area contributed by atoms with E-state index >= 15 is 0 Å². The number of rotatable bonds is 8. The average molecular weight is 390 g/mol. The normalized spacial score (nSPS) is 10.7. The molecule has 0 fully saturated rings. The van der Waals surface area contributed by atoms with E-state index in [0.29, 0.717) is 17.7 Å². The lowest BCUT2D eigenvalue weighted by Gasteiger charge is -2.15. The molecular weight excluding hydrogens is 370 g/mol. The molecule has 3 rings (SSSR count). The van der Waals surface area contributed by atoms with Gasteiger partial charge in [-0.25, -0.2) is 0 Å². The van der Waals surface area contributed by atoms with Gasteiger partial charge in [-0.2, -0.15) is 0 Å². The molecule has 2 aromatic heterocycles. The van der Waals surface area contributed by atoms with Crippen LogP contribution in [0.5, 0.6) is 5.75 Å². The van der Waals surface area contributed by atoms with Crippen molar-refractivity contribution in [1.82, 2.24) is 15.1 Å². The van der Waals surface area contributed by atoms with Crippen LogP contribution in [0.25, 0.3) is 0 Å². The minimum Gasteiger partial charge on any atom is -0.484 e. The van der Waals surface area contributed by atoms with Crippen molar-refractivity contribution in [2.24, 2.45) is 0 Å². The second-order valence-electron chi connectivity index (χ2n) is 5.68. The molecule has 0 aliphatic carbocycles. The standard InChI is InChI=1S/C18H19N3O3S2/c1-13-5-3-6-14(9-13)23-11-16-19-20-18(24-16)26-12-17(22)21(2)10-15-7-4-8-25-15/h3-9H,10-12H2,1-2H3. The first-order valence-electron chi connectivity index (χ1n) is 8.01. The Bertz CT molecular complexity index is 849. The van der Waals surface area contributed by atoms with Gasteiger partial charge in [-0.05, 0) is 36.1 Å².